The molecule has 2 aliphatic rings. The van der Waals surface area contributed by atoms with E-state index >= 15 is 0 Å². The van der Waals surface area contributed by atoms with Crippen LogP contribution in [-0.2, 0) is 48.0 Å². The van der Waals surface area contributed by atoms with Crippen LogP contribution in [0.4, 0.5) is 0 Å². The fourth-order valence-electron chi connectivity index (χ4n) is 9.50. The molecule has 0 radical (unpaired) electrons. The topological polar surface area (TPSA) is 155 Å². The lowest BCUT2D eigenvalue weighted by molar-refractivity contribution is -0.145. The van der Waals surface area contributed by atoms with Crippen molar-refractivity contribution in [1.82, 2.24) is 30.2 Å². The molecule has 62 heavy (non-hydrogen) atoms. The van der Waals surface area contributed by atoms with E-state index in [0.717, 1.165) is 83.1 Å². The van der Waals surface area contributed by atoms with Crippen molar-refractivity contribution in [2.45, 2.75) is 118 Å². The van der Waals surface area contributed by atoms with Crippen LogP contribution in [0.3, 0.4) is 0 Å². The normalized spacial score (nSPS) is 16.3. The van der Waals surface area contributed by atoms with Gasteiger partial charge in [0.2, 0.25) is 11.8 Å². The van der Waals surface area contributed by atoms with Gasteiger partial charge in [0.15, 0.2) is 0 Å². The highest BCUT2D eigenvalue weighted by Crippen LogP contribution is 2.42. The average Bonchev–Trinajstić information content (AvgIpc) is 3.91. The molecule has 3 atom stereocenters. The van der Waals surface area contributed by atoms with Crippen LogP contribution < -0.4 is 10.7 Å². The van der Waals surface area contributed by atoms with Crippen molar-refractivity contribution in [3.8, 4) is 28.1 Å². The highest BCUT2D eigenvalue weighted by Gasteiger charge is 2.37. The number of pyridine rings is 1. The van der Waals surface area contributed by atoms with E-state index in [2.05, 4.69) is 54.3 Å². The average molecular weight is 851 g/mol. The van der Waals surface area contributed by atoms with Crippen molar-refractivity contribution in [1.29, 1.82) is 0 Å². The number of methoxy groups -OCH3 is 1. The van der Waals surface area contributed by atoms with E-state index in [1.807, 2.05) is 39.0 Å². The Morgan fingerprint density at radius 3 is 2.47 bits per heavy atom. The standard InChI is InChI=1S/C49H66N6O7/c1-9-54-42-19-18-35(27-39(42)40(28-49(5,6)29-62-30-56)45(54)38-17-14-20-50-43(38)32(4)61-8)36-23-33(24-37(57)26-36)25-41(48(60)55-22-13-12-21-51-55)52-46(58)44(31(2)3)53(7)47(59)34-15-10-11-16-34/h14,17-20,23-24,26-27,30-32,34,41,44,51,57H,9-13,15-16,21-22,25,28-29H2,1-8H3,(H,52,58). The molecule has 1 aliphatic heterocycles. The molecule has 13 nitrogen and oxygen atoms in total. The van der Waals surface area contributed by atoms with Gasteiger partial charge in [-0.15, -0.1) is 0 Å². The maximum atomic E-state index is 14.3. The van der Waals surface area contributed by atoms with Crippen LogP contribution in [0.25, 0.3) is 33.3 Å². The number of carbonyl (C=O) groups is 4. The lowest BCUT2D eigenvalue weighted by atomic mass is 9.84. The molecule has 1 saturated heterocycles. The number of nitrogens with zero attached hydrogens (tertiary/aromatic N) is 4. The van der Waals surface area contributed by atoms with E-state index in [0.29, 0.717) is 38.1 Å². The van der Waals surface area contributed by atoms with Gasteiger partial charge in [-0.05, 0) is 111 Å². The summed E-state index contributed by atoms with van der Waals surface area (Å²) in [5, 5.41) is 16.9. The monoisotopic (exact) mass is 850 g/mol. The number of aromatic hydroxyl groups is 1. The van der Waals surface area contributed by atoms with Gasteiger partial charge in [0.1, 0.15) is 17.8 Å². The van der Waals surface area contributed by atoms with Crippen molar-refractivity contribution in [2.24, 2.45) is 17.3 Å². The Hall–Kier alpha value is -5.27. The number of ether oxygens (including phenoxy) is 2. The van der Waals surface area contributed by atoms with Gasteiger partial charge in [0.05, 0.1) is 24.1 Å². The summed E-state index contributed by atoms with van der Waals surface area (Å²) in [7, 11) is 3.37. The Morgan fingerprint density at radius 1 is 1.05 bits per heavy atom. The van der Waals surface area contributed by atoms with Crippen LogP contribution in [-0.4, -0.2) is 94.7 Å². The number of hydrogen-bond donors (Lipinski definition) is 3. The first-order valence-electron chi connectivity index (χ1n) is 22.3. The van der Waals surface area contributed by atoms with E-state index in [1.54, 1.807) is 42.4 Å². The summed E-state index contributed by atoms with van der Waals surface area (Å²) < 4.78 is 13.4. The summed E-state index contributed by atoms with van der Waals surface area (Å²) in [5.41, 5.74) is 9.92. The largest absolute Gasteiger partial charge is 0.508 e. The highest BCUT2D eigenvalue weighted by molar-refractivity contribution is 5.96. The zero-order valence-electron chi connectivity index (χ0n) is 37.8. The van der Waals surface area contributed by atoms with Gasteiger partial charge in [-0.3, -0.25) is 29.2 Å². The highest BCUT2D eigenvalue weighted by atomic mass is 16.5. The summed E-state index contributed by atoms with van der Waals surface area (Å²) in [6.07, 6.45) is 7.64. The van der Waals surface area contributed by atoms with Gasteiger partial charge in [-0.2, -0.15) is 0 Å². The minimum absolute atomic E-state index is 0.0284. The summed E-state index contributed by atoms with van der Waals surface area (Å²) >= 11 is 0. The number of fused-ring (bicyclic) bond motifs is 1. The maximum absolute atomic E-state index is 14.3. The second kappa shape index (κ2) is 20.3. The first-order valence-corrected chi connectivity index (χ1v) is 22.3. The predicted molar refractivity (Wildman–Crippen MR) is 241 cm³/mol. The van der Waals surface area contributed by atoms with E-state index in [9.17, 15) is 24.3 Å². The molecule has 4 aromatic rings. The van der Waals surface area contributed by atoms with Crippen molar-refractivity contribution in [3.05, 3.63) is 71.5 Å². The molecule has 2 fully saturated rings. The lowest BCUT2D eigenvalue weighted by Crippen LogP contribution is -2.59. The van der Waals surface area contributed by atoms with Crippen LogP contribution in [0.5, 0.6) is 5.75 Å². The summed E-state index contributed by atoms with van der Waals surface area (Å²) in [6.45, 7) is 14.6. The van der Waals surface area contributed by atoms with Crippen molar-refractivity contribution in [2.75, 3.05) is 33.9 Å². The number of likely N-dealkylation sites (N-methyl/N-ethyl adjacent to an activating group) is 1. The molecule has 2 aromatic carbocycles. The Kier molecular flexibility index (Phi) is 15.1. The number of phenols is 1. The minimum Gasteiger partial charge on any atom is -0.508 e. The van der Waals surface area contributed by atoms with Crippen LogP contribution in [0.1, 0.15) is 103 Å². The Balaban J connectivity index is 1.40. The zero-order valence-corrected chi connectivity index (χ0v) is 37.8. The molecular formula is C49H66N6O7. The van der Waals surface area contributed by atoms with Gasteiger partial charge in [-0.1, -0.05) is 52.7 Å². The van der Waals surface area contributed by atoms with Crippen LogP contribution in [0, 0.1) is 17.3 Å². The molecule has 3 amide bonds. The number of amides is 3. The third-order valence-electron chi connectivity index (χ3n) is 12.6. The predicted octanol–water partition coefficient (Wildman–Crippen LogP) is 7.37. The quantitative estimate of drug-likeness (QED) is 0.0871. The Labute approximate surface area is 366 Å². The second-order valence-corrected chi connectivity index (χ2v) is 18.2. The molecule has 3 heterocycles. The maximum Gasteiger partial charge on any atom is 0.293 e. The smallest absolute Gasteiger partial charge is 0.293 e. The molecule has 334 valence electrons. The summed E-state index contributed by atoms with van der Waals surface area (Å²) in [6, 6.07) is 13.9. The van der Waals surface area contributed by atoms with Crippen LogP contribution in [0.2, 0.25) is 0 Å². The first-order chi connectivity index (χ1) is 29.7. The first kappa shape index (κ1) is 46.2. The Bertz CT molecular complexity index is 2220. The number of benzene rings is 2. The van der Waals surface area contributed by atoms with E-state index in [1.165, 1.54) is 0 Å². The van der Waals surface area contributed by atoms with Gasteiger partial charge in [0.25, 0.3) is 12.4 Å². The molecular weight excluding hydrogens is 785 g/mol. The zero-order chi connectivity index (χ0) is 44.7. The molecule has 0 spiro atoms. The molecule has 2 aromatic heterocycles. The molecule has 3 N–H and O–H groups in total. The second-order valence-electron chi connectivity index (χ2n) is 18.2. The van der Waals surface area contributed by atoms with Crippen molar-refractivity contribution < 1.29 is 33.8 Å². The number of rotatable bonds is 18. The number of carbonyl (C=O) groups excluding carboxylic acids is 4. The van der Waals surface area contributed by atoms with E-state index < -0.39 is 17.5 Å². The van der Waals surface area contributed by atoms with E-state index in [-0.39, 0.29) is 54.4 Å². The fourth-order valence-corrected chi connectivity index (χ4v) is 9.50. The molecule has 1 aliphatic carbocycles. The number of hydrogen-bond acceptors (Lipinski definition) is 9. The molecule has 0 bridgehead atoms. The van der Waals surface area contributed by atoms with Crippen molar-refractivity contribution >= 4 is 35.1 Å². The summed E-state index contributed by atoms with van der Waals surface area (Å²) in [5.74, 6) is -0.932. The Morgan fingerprint density at radius 2 is 1.81 bits per heavy atom. The van der Waals surface area contributed by atoms with Crippen LogP contribution in [0.15, 0.2) is 54.7 Å². The van der Waals surface area contributed by atoms with Gasteiger partial charge < -0.3 is 29.4 Å². The van der Waals surface area contributed by atoms with Crippen molar-refractivity contribution in [3.63, 3.8) is 0 Å². The summed E-state index contributed by atoms with van der Waals surface area (Å²) in [4.78, 5) is 59.7. The molecule has 1 saturated carbocycles. The SMILES string of the molecule is CCn1c(-c2cccnc2C(C)OC)c(CC(C)(C)COC=O)c2cc(-c3cc(O)cc(CC(NC(=O)C(C(C)C)N(C)C(=O)C4CCCC4)C(=O)N4CCCCN4)c3)ccc21. The minimum atomic E-state index is -0.965. The van der Waals surface area contributed by atoms with Gasteiger partial charge in [0, 0.05) is 74.2 Å². The number of aryl methyl sites for hydroxylation is 1. The third-order valence-corrected chi connectivity index (χ3v) is 12.6. The third kappa shape index (κ3) is 10.3. The number of hydrazine groups is 1. The molecule has 3 unspecified atom stereocenters. The van der Waals surface area contributed by atoms with Gasteiger partial charge >= 0.3 is 0 Å². The van der Waals surface area contributed by atoms with Gasteiger partial charge in [-0.25, -0.2) is 5.43 Å². The molecule has 13 heteroatoms. The number of nitrogens with one attached hydrogen (secondary N) is 2. The fraction of sp³-hybridized carbons (Fsp3) is 0.531. The lowest BCUT2D eigenvalue weighted by Gasteiger charge is -2.35. The number of aromatic nitrogens is 2. The molecule has 6 rings (SSSR count). The van der Waals surface area contributed by atoms with Crippen LogP contribution >= 0.6 is 0 Å². The number of phenolic OH excluding ortho intramolecular Hbond substituents is 1. The van der Waals surface area contributed by atoms with E-state index in [4.69, 9.17) is 14.5 Å².